The van der Waals surface area contributed by atoms with Gasteiger partial charge in [0.15, 0.2) is 0 Å². The third-order valence-electron chi connectivity index (χ3n) is 3.39. The van der Waals surface area contributed by atoms with Gasteiger partial charge < -0.3 is 9.84 Å². The molecule has 2 aromatic rings. The number of phenolic OH excluding ortho intramolecular Hbond substituents is 1. The van der Waals surface area contributed by atoms with E-state index in [-0.39, 0.29) is 17.8 Å². The fourth-order valence-corrected chi connectivity index (χ4v) is 2.34. The molecule has 1 amide bonds. The van der Waals surface area contributed by atoms with Crippen LogP contribution in [0.4, 0.5) is 0 Å². The average molecular weight is 299 g/mol. The van der Waals surface area contributed by atoms with Crippen molar-refractivity contribution in [3.63, 3.8) is 0 Å². The molecule has 5 nitrogen and oxygen atoms in total. The number of phenols is 1. The van der Waals surface area contributed by atoms with Gasteiger partial charge >= 0.3 is 0 Å². The molecule has 1 N–H and O–H groups in total. The summed E-state index contributed by atoms with van der Waals surface area (Å²) in [7, 11) is 0. The quantitative estimate of drug-likeness (QED) is 0.926. The fraction of sp³-hybridized carbons (Fsp3) is 0.235. The van der Waals surface area contributed by atoms with Gasteiger partial charge in [-0.15, -0.1) is 0 Å². The third kappa shape index (κ3) is 3.10. The van der Waals surface area contributed by atoms with Gasteiger partial charge in [-0.1, -0.05) is 30.3 Å². The lowest BCUT2D eigenvalue weighted by atomic mass is 10.2. The molecule has 0 aliphatic carbocycles. The highest BCUT2D eigenvalue weighted by Crippen LogP contribution is 2.29. The van der Waals surface area contributed by atoms with Crippen LogP contribution in [-0.4, -0.2) is 28.7 Å². The van der Waals surface area contributed by atoms with E-state index < -0.39 is 6.29 Å². The zero-order valence-corrected chi connectivity index (χ0v) is 12.2. The predicted octanol–water partition coefficient (Wildman–Crippen LogP) is 2.88. The van der Waals surface area contributed by atoms with E-state index in [0.717, 1.165) is 0 Å². The molecule has 0 bridgehead atoms. The van der Waals surface area contributed by atoms with Gasteiger partial charge in [-0.05, 0) is 31.2 Å². The second kappa shape index (κ2) is 6.17. The second-order valence-electron chi connectivity index (χ2n) is 5.21. The summed E-state index contributed by atoms with van der Waals surface area (Å²) in [6, 6.07) is 15.6. The van der Waals surface area contributed by atoms with E-state index in [0.29, 0.717) is 17.7 Å². The third-order valence-corrected chi connectivity index (χ3v) is 3.39. The van der Waals surface area contributed by atoms with Crippen molar-refractivity contribution in [3.8, 4) is 5.75 Å². The molecule has 5 heteroatoms. The van der Waals surface area contributed by atoms with Crippen molar-refractivity contribution >= 4 is 5.91 Å². The Labute approximate surface area is 128 Å². The van der Waals surface area contributed by atoms with Gasteiger partial charge in [-0.25, -0.2) is 9.90 Å². The second-order valence-corrected chi connectivity index (χ2v) is 5.21. The molecule has 22 heavy (non-hydrogen) atoms. The van der Waals surface area contributed by atoms with E-state index in [9.17, 15) is 9.90 Å². The number of carbonyl (C=O) groups is 1. The first kappa shape index (κ1) is 14.6. The molecule has 1 fully saturated rings. The summed E-state index contributed by atoms with van der Waals surface area (Å²) in [5, 5.41) is 10.9. The topological polar surface area (TPSA) is 59.0 Å². The van der Waals surface area contributed by atoms with Gasteiger partial charge in [0.2, 0.25) is 6.29 Å². The molecule has 0 saturated carbocycles. The Morgan fingerprint density at radius 2 is 1.95 bits per heavy atom. The number of hydrogen-bond acceptors (Lipinski definition) is 4. The van der Waals surface area contributed by atoms with E-state index in [1.165, 1.54) is 5.06 Å². The molecule has 0 unspecified atom stereocenters. The lowest BCUT2D eigenvalue weighted by molar-refractivity contribution is -0.320. The molecule has 114 valence electrons. The maximum absolute atomic E-state index is 12.5. The van der Waals surface area contributed by atoms with Gasteiger partial charge in [0.1, 0.15) is 5.75 Å². The van der Waals surface area contributed by atoms with Gasteiger partial charge in [0.25, 0.3) is 5.91 Å². The molecule has 0 aromatic heterocycles. The van der Waals surface area contributed by atoms with E-state index in [4.69, 9.17) is 9.57 Å². The molecular formula is C17H17NO4. The average Bonchev–Trinajstić information content (AvgIpc) is 2.54. The molecule has 2 atom stereocenters. The van der Waals surface area contributed by atoms with Gasteiger partial charge in [0.05, 0.1) is 12.6 Å². The first-order chi connectivity index (χ1) is 10.6. The lowest BCUT2D eigenvalue weighted by Crippen LogP contribution is -2.44. The van der Waals surface area contributed by atoms with E-state index >= 15 is 0 Å². The monoisotopic (exact) mass is 299 g/mol. The maximum Gasteiger partial charge on any atom is 0.277 e. The van der Waals surface area contributed by atoms with Crippen LogP contribution in [0.2, 0.25) is 0 Å². The molecule has 0 spiro atoms. The van der Waals surface area contributed by atoms with Crippen molar-refractivity contribution in [1.29, 1.82) is 0 Å². The van der Waals surface area contributed by atoms with Gasteiger partial charge in [-0.3, -0.25) is 4.79 Å². The van der Waals surface area contributed by atoms with Crippen LogP contribution < -0.4 is 0 Å². The predicted molar refractivity (Wildman–Crippen MR) is 80.0 cm³/mol. The van der Waals surface area contributed by atoms with Crippen LogP contribution in [0, 0.1) is 0 Å². The van der Waals surface area contributed by atoms with Crippen LogP contribution in [0.25, 0.3) is 0 Å². The summed E-state index contributed by atoms with van der Waals surface area (Å²) >= 11 is 0. The highest BCUT2D eigenvalue weighted by atomic mass is 16.8. The SMILES string of the molecule is C[C@@H]1CN(C(=O)c2ccccc2)O[C@H](c2cccc(O)c2)O1. The van der Waals surface area contributed by atoms with E-state index in [1.54, 1.807) is 36.4 Å². The van der Waals surface area contributed by atoms with Crippen LogP contribution in [0.3, 0.4) is 0 Å². The van der Waals surface area contributed by atoms with Crippen molar-refractivity contribution in [1.82, 2.24) is 5.06 Å². The number of ether oxygens (including phenoxy) is 1. The Balaban J connectivity index is 1.80. The van der Waals surface area contributed by atoms with Crippen molar-refractivity contribution in [3.05, 3.63) is 65.7 Å². The standard InChI is InChI=1S/C17H17NO4/c1-12-11-18(16(20)13-6-3-2-4-7-13)22-17(21-12)14-8-5-9-15(19)10-14/h2-10,12,17,19H,11H2,1H3/t12-,17-/m1/s1. The zero-order valence-electron chi connectivity index (χ0n) is 12.2. The number of aromatic hydroxyl groups is 1. The minimum absolute atomic E-state index is 0.129. The Morgan fingerprint density at radius 3 is 2.68 bits per heavy atom. The van der Waals surface area contributed by atoms with E-state index in [2.05, 4.69) is 0 Å². The Bertz CT molecular complexity index is 659. The molecule has 3 rings (SSSR count). The summed E-state index contributed by atoms with van der Waals surface area (Å²) in [5.74, 6) is -0.0789. The summed E-state index contributed by atoms with van der Waals surface area (Å²) in [6.07, 6.45) is -0.891. The minimum atomic E-state index is -0.719. The lowest BCUT2D eigenvalue weighted by Gasteiger charge is -2.36. The number of nitrogens with zero attached hydrogens (tertiary/aromatic N) is 1. The van der Waals surface area contributed by atoms with Crippen molar-refractivity contribution in [2.24, 2.45) is 0 Å². The maximum atomic E-state index is 12.5. The smallest absolute Gasteiger partial charge is 0.277 e. The van der Waals surface area contributed by atoms with Crippen molar-refractivity contribution < 1.29 is 19.5 Å². The molecule has 1 aliphatic heterocycles. The van der Waals surface area contributed by atoms with Crippen molar-refractivity contribution in [2.45, 2.75) is 19.3 Å². The van der Waals surface area contributed by atoms with Gasteiger partial charge in [0, 0.05) is 11.1 Å². The molecule has 0 radical (unpaired) electrons. The van der Waals surface area contributed by atoms with E-state index in [1.807, 2.05) is 25.1 Å². The molecule has 1 saturated heterocycles. The summed E-state index contributed by atoms with van der Waals surface area (Å²) in [5.41, 5.74) is 1.23. The summed E-state index contributed by atoms with van der Waals surface area (Å²) < 4.78 is 5.72. The van der Waals surface area contributed by atoms with Crippen LogP contribution in [0.15, 0.2) is 54.6 Å². The molecular weight excluding hydrogens is 282 g/mol. The normalized spacial score (nSPS) is 21.6. The number of benzene rings is 2. The number of amides is 1. The fourth-order valence-electron chi connectivity index (χ4n) is 2.34. The Kier molecular flexibility index (Phi) is 4.09. The molecule has 1 heterocycles. The summed E-state index contributed by atoms with van der Waals surface area (Å²) in [4.78, 5) is 18.1. The number of hydrogen-bond donors (Lipinski definition) is 1. The Morgan fingerprint density at radius 1 is 1.18 bits per heavy atom. The Hall–Kier alpha value is -2.37. The van der Waals surface area contributed by atoms with Gasteiger partial charge in [-0.2, -0.15) is 0 Å². The number of carbonyl (C=O) groups excluding carboxylic acids is 1. The number of hydroxylamine groups is 2. The zero-order chi connectivity index (χ0) is 15.5. The van der Waals surface area contributed by atoms with Crippen LogP contribution in [-0.2, 0) is 9.57 Å². The van der Waals surface area contributed by atoms with Crippen LogP contribution >= 0.6 is 0 Å². The van der Waals surface area contributed by atoms with Crippen LogP contribution in [0.1, 0.15) is 29.1 Å². The van der Waals surface area contributed by atoms with Crippen LogP contribution in [0.5, 0.6) is 5.75 Å². The first-order valence-corrected chi connectivity index (χ1v) is 7.11. The first-order valence-electron chi connectivity index (χ1n) is 7.11. The molecule has 1 aliphatic rings. The molecule has 2 aromatic carbocycles. The largest absolute Gasteiger partial charge is 0.508 e. The number of rotatable bonds is 2. The highest BCUT2D eigenvalue weighted by molar-refractivity contribution is 5.93. The summed E-state index contributed by atoms with van der Waals surface area (Å²) in [6.45, 7) is 2.23. The minimum Gasteiger partial charge on any atom is -0.508 e. The van der Waals surface area contributed by atoms with Crippen molar-refractivity contribution in [2.75, 3.05) is 6.54 Å². The highest BCUT2D eigenvalue weighted by Gasteiger charge is 2.31.